The van der Waals surface area contributed by atoms with Crippen LogP contribution < -0.4 is 10.6 Å². The van der Waals surface area contributed by atoms with Crippen molar-refractivity contribution in [2.24, 2.45) is 11.3 Å². The summed E-state index contributed by atoms with van der Waals surface area (Å²) in [6, 6.07) is 6.93. The van der Waals surface area contributed by atoms with E-state index in [-0.39, 0.29) is 29.7 Å². The van der Waals surface area contributed by atoms with E-state index < -0.39 is 12.1 Å². The first-order valence-corrected chi connectivity index (χ1v) is 11.7. The van der Waals surface area contributed by atoms with E-state index in [4.69, 9.17) is 0 Å². The molecule has 3 atom stereocenters. The highest BCUT2D eigenvalue weighted by atomic mass is 32.1. The normalized spacial score (nSPS) is 19.6. The number of likely N-dealkylation sites (N-methyl/N-ethyl adjacent to an activating group) is 1. The van der Waals surface area contributed by atoms with Gasteiger partial charge in [-0.05, 0) is 36.9 Å². The molecule has 0 saturated carbocycles. The Bertz CT molecular complexity index is 964. The molecule has 1 aliphatic rings. The Morgan fingerprint density at radius 2 is 1.97 bits per heavy atom. The minimum Gasteiger partial charge on any atom is -0.350 e. The lowest BCUT2D eigenvalue weighted by molar-refractivity contribution is -0.142. The first kappa shape index (κ1) is 24.1. The van der Waals surface area contributed by atoms with Crippen LogP contribution in [0.5, 0.6) is 0 Å². The standard InChI is InChI=1S/C24H32N4O3S/c1-15-20(32-14-27-15)18-8-6-16(7-9-18)11-26-22(30)19-10-17(13-29)12-28(19)23(31)21(25-5)24(2,3)4/h6-9,13-14,17,19,21,25H,10-12H2,1-5H3,(H,26,30)/t17?,19-,21+/m0/s1. The molecule has 0 bridgehead atoms. The molecule has 2 heterocycles. The third-order valence-corrected chi connectivity index (χ3v) is 6.92. The summed E-state index contributed by atoms with van der Waals surface area (Å²) < 4.78 is 0. The first-order chi connectivity index (χ1) is 15.2. The Morgan fingerprint density at radius 1 is 1.28 bits per heavy atom. The van der Waals surface area contributed by atoms with Crippen LogP contribution in [0.2, 0.25) is 0 Å². The van der Waals surface area contributed by atoms with E-state index in [1.165, 1.54) is 0 Å². The Balaban J connectivity index is 1.67. The number of aryl methyl sites for hydroxylation is 1. The van der Waals surface area contributed by atoms with Gasteiger partial charge in [-0.3, -0.25) is 9.59 Å². The second-order valence-corrected chi connectivity index (χ2v) is 10.3. The maximum atomic E-state index is 13.2. The van der Waals surface area contributed by atoms with E-state index in [0.29, 0.717) is 13.0 Å². The summed E-state index contributed by atoms with van der Waals surface area (Å²) in [6.45, 7) is 8.56. The maximum absolute atomic E-state index is 13.2. The fraction of sp³-hybridized carbons (Fsp3) is 0.500. The van der Waals surface area contributed by atoms with Crippen molar-refractivity contribution < 1.29 is 14.4 Å². The molecule has 1 fully saturated rings. The number of hydrogen-bond donors (Lipinski definition) is 2. The molecule has 0 aliphatic carbocycles. The highest BCUT2D eigenvalue weighted by molar-refractivity contribution is 7.13. The molecule has 2 amide bonds. The highest BCUT2D eigenvalue weighted by Gasteiger charge is 2.43. The molecule has 0 spiro atoms. The summed E-state index contributed by atoms with van der Waals surface area (Å²) in [5.41, 5.74) is 4.58. The van der Waals surface area contributed by atoms with Gasteiger partial charge in [-0.25, -0.2) is 4.98 Å². The van der Waals surface area contributed by atoms with Crippen molar-refractivity contribution in [3.8, 4) is 10.4 Å². The lowest BCUT2D eigenvalue weighted by Gasteiger charge is -2.34. The fourth-order valence-corrected chi connectivity index (χ4v) is 5.02. The largest absolute Gasteiger partial charge is 0.350 e. The molecule has 32 heavy (non-hydrogen) atoms. The number of likely N-dealkylation sites (tertiary alicyclic amines) is 1. The summed E-state index contributed by atoms with van der Waals surface area (Å²) in [5, 5.41) is 6.03. The molecule has 2 aromatic rings. The zero-order valence-corrected chi connectivity index (χ0v) is 20.2. The van der Waals surface area contributed by atoms with Crippen LogP contribution in [0.4, 0.5) is 0 Å². The van der Waals surface area contributed by atoms with Crippen LogP contribution in [-0.4, -0.2) is 53.7 Å². The second kappa shape index (κ2) is 9.92. The zero-order chi connectivity index (χ0) is 23.5. The van der Waals surface area contributed by atoms with E-state index >= 15 is 0 Å². The first-order valence-electron chi connectivity index (χ1n) is 10.9. The van der Waals surface area contributed by atoms with Crippen molar-refractivity contribution >= 4 is 29.4 Å². The number of rotatable bonds is 7. The summed E-state index contributed by atoms with van der Waals surface area (Å²) in [6.07, 6.45) is 1.20. The van der Waals surface area contributed by atoms with Crippen LogP contribution in [0, 0.1) is 18.3 Å². The number of thiazole rings is 1. The van der Waals surface area contributed by atoms with Gasteiger partial charge in [0.1, 0.15) is 12.3 Å². The maximum Gasteiger partial charge on any atom is 0.243 e. The fourth-order valence-electron chi connectivity index (χ4n) is 4.21. The van der Waals surface area contributed by atoms with Crippen molar-refractivity contribution in [1.82, 2.24) is 20.5 Å². The smallest absolute Gasteiger partial charge is 0.243 e. The Hall–Kier alpha value is -2.58. The van der Waals surface area contributed by atoms with Gasteiger partial charge in [0.25, 0.3) is 0 Å². The molecule has 7 nitrogen and oxygen atoms in total. The predicted octanol–water partition coefficient (Wildman–Crippen LogP) is 2.78. The molecular formula is C24H32N4O3S. The number of nitrogens with zero attached hydrogens (tertiary/aromatic N) is 2. The molecule has 1 aromatic heterocycles. The van der Waals surface area contributed by atoms with Crippen LogP contribution in [0.3, 0.4) is 0 Å². The molecule has 3 rings (SSSR count). The van der Waals surface area contributed by atoms with Gasteiger partial charge in [-0.15, -0.1) is 11.3 Å². The monoisotopic (exact) mass is 456 g/mol. The third kappa shape index (κ3) is 5.24. The molecule has 2 N–H and O–H groups in total. The number of aromatic nitrogens is 1. The highest BCUT2D eigenvalue weighted by Crippen LogP contribution is 2.29. The van der Waals surface area contributed by atoms with Gasteiger partial charge in [0.15, 0.2) is 0 Å². The van der Waals surface area contributed by atoms with Gasteiger partial charge in [0.2, 0.25) is 11.8 Å². The van der Waals surface area contributed by atoms with E-state index in [2.05, 4.69) is 15.6 Å². The summed E-state index contributed by atoms with van der Waals surface area (Å²) in [7, 11) is 1.74. The van der Waals surface area contributed by atoms with Crippen molar-refractivity contribution in [1.29, 1.82) is 0 Å². The summed E-state index contributed by atoms with van der Waals surface area (Å²) >= 11 is 1.60. The van der Waals surface area contributed by atoms with E-state index in [0.717, 1.165) is 28.0 Å². The quantitative estimate of drug-likeness (QED) is 0.625. The number of aldehydes is 1. The van der Waals surface area contributed by atoms with Crippen LogP contribution in [0.1, 0.15) is 38.4 Å². The van der Waals surface area contributed by atoms with Gasteiger partial charge in [-0.2, -0.15) is 0 Å². The number of nitrogens with one attached hydrogen (secondary N) is 2. The van der Waals surface area contributed by atoms with Crippen molar-refractivity contribution in [3.05, 3.63) is 41.0 Å². The Labute approximate surface area is 193 Å². The lowest BCUT2D eigenvalue weighted by atomic mass is 9.86. The van der Waals surface area contributed by atoms with Gasteiger partial charge in [0, 0.05) is 19.0 Å². The average molecular weight is 457 g/mol. The van der Waals surface area contributed by atoms with E-state index in [1.54, 1.807) is 23.3 Å². The molecule has 172 valence electrons. The predicted molar refractivity (Wildman–Crippen MR) is 126 cm³/mol. The topological polar surface area (TPSA) is 91.4 Å². The van der Waals surface area contributed by atoms with Gasteiger partial charge in [-0.1, -0.05) is 45.0 Å². The van der Waals surface area contributed by atoms with Crippen LogP contribution in [0.25, 0.3) is 10.4 Å². The molecule has 1 saturated heterocycles. The average Bonchev–Trinajstić information content (AvgIpc) is 3.38. The molecule has 8 heteroatoms. The number of amides is 2. The third-order valence-electron chi connectivity index (χ3n) is 5.94. The van der Waals surface area contributed by atoms with Gasteiger partial charge in [0.05, 0.1) is 22.1 Å². The number of carbonyl (C=O) groups is 3. The zero-order valence-electron chi connectivity index (χ0n) is 19.3. The summed E-state index contributed by atoms with van der Waals surface area (Å²) in [5.74, 6) is -0.697. The van der Waals surface area contributed by atoms with Crippen molar-refractivity contribution in [3.63, 3.8) is 0 Å². The number of hydrogen-bond acceptors (Lipinski definition) is 6. The van der Waals surface area contributed by atoms with Crippen LogP contribution in [0.15, 0.2) is 29.8 Å². The van der Waals surface area contributed by atoms with Crippen LogP contribution in [-0.2, 0) is 20.9 Å². The minimum absolute atomic E-state index is 0.145. The van der Waals surface area contributed by atoms with Gasteiger partial charge >= 0.3 is 0 Å². The van der Waals surface area contributed by atoms with Crippen molar-refractivity contribution in [2.45, 2.75) is 52.7 Å². The van der Waals surface area contributed by atoms with Crippen molar-refractivity contribution in [2.75, 3.05) is 13.6 Å². The van der Waals surface area contributed by atoms with E-state index in [1.807, 2.05) is 57.5 Å². The lowest BCUT2D eigenvalue weighted by Crippen LogP contribution is -2.55. The number of carbonyl (C=O) groups excluding carboxylic acids is 3. The molecular weight excluding hydrogens is 424 g/mol. The number of benzene rings is 1. The van der Waals surface area contributed by atoms with Gasteiger partial charge < -0.3 is 20.3 Å². The Morgan fingerprint density at radius 3 is 2.50 bits per heavy atom. The Kier molecular flexibility index (Phi) is 7.46. The molecule has 0 radical (unpaired) electrons. The molecule has 1 unspecified atom stereocenters. The van der Waals surface area contributed by atoms with Crippen LogP contribution >= 0.6 is 11.3 Å². The van der Waals surface area contributed by atoms with E-state index in [9.17, 15) is 14.4 Å². The second-order valence-electron chi connectivity index (χ2n) is 9.41. The minimum atomic E-state index is -0.644. The molecule has 1 aliphatic heterocycles. The summed E-state index contributed by atoms with van der Waals surface area (Å²) in [4.78, 5) is 44.6. The SMILES string of the molecule is CN[C@H](C(=O)N1CC(C=O)C[C@H]1C(=O)NCc1ccc(-c2scnc2C)cc1)C(C)(C)C. The molecule has 1 aromatic carbocycles.